The van der Waals surface area contributed by atoms with Gasteiger partial charge in [0.25, 0.3) is 0 Å². The third kappa shape index (κ3) is 3.50. The molecule has 2 rings (SSSR count). The molecule has 1 aromatic heterocycles. The molecule has 0 saturated carbocycles. The van der Waals surface area contributed by atoms with E-state index in [4.69, 9.17) is 4.74 Å². The van der Waals surface area contributed by atoms with Crippen molar-refractivity contribution in [2.45, 2.75) is 45.7 Å². The minimum absolute atomic E-state index is 0.401. The van der Waals surface area contributed by atoms with Crippen molar-refractivity contribution in [3.63, 3.8) is 0 Å². The Bertz CT molecular complexity index is 345. The predicted octanol–water partition coefficient (Wildman–Crippen LogP) is 2.92. The maximum atomic E-state index is 5.45. The quantitative estimate of drug-likeness (QED) is 0.897. The number of nitrogens with zero attached hydrogens (tertiary/aromatic N) is 1. The summed E-state index contributed by atoms with van der Waals surface area (Å²) in [5.41, 5.74) is 1.13. The fraction of sp³-hybridized carbons (Fsp3) is 0.769. The van der Waals surface area contributed by atoms with Crippen LogP contribution in [0.1, 0.15) is 43.4 Å². The number of aryl methyl sites for hydroxylation is 1. The largest absolute Gasteiger partial charge is 0.381 e. The molecule has 1 unspecified atom stereocenters. The Labute approximate surface area is 108 Å². The van der Waals surface area contributed by atoms with Gasteiger partial charge in [-0.2, -0.15) is 0 Å². The molecule has 2 heterocycles. The van der Waals surface area contributed by atoms with Crippen LogP contribution in [0.25, 0.3) is 0 Å². The molecule has 0 aliphatic carbocycles. The van der Waals surface area contributed by atoms with Crippen molar-refractivity contribution < 1.29 is 4.74 Å². The van der Waals surface area contributed by atoms with Gasteiger partial charge in [0, 0.05) is 30.3 Å². The van der Waals surface area contributed by atoms with Crippen molar-refractivity contribution in [2.75, 3.05) is 13.2 Å². The summed E-state index contributed by atoms with van der Waals surface area (Å²) >= 11 is 1.78. The van der Waals surface area contributed by atoms with Crippen molar-refractivity contribution in [1.82, 2.24) is 10.3 Å². The Kier molecular flexibility index (Phi) is 4.54. The number of aromatic nitrogens is 1. The van der Waals surface area contributed by atoms with E-state index in [0.29, 0.717) is 18.0 Å². The molecule has 1 aliphatic rings. The maximum Gasteiger partial charge on any atom is 0.110 e. The second kappa shape index (κ2) is 5.94. The van der Waals surface area contributed by atoms with Gasteiger partial charge in [-0.3, -0.25) is 0 Å². The lowest BCUT2D eigenvalue weighted by molar-refractivity contribution is 0.0524. The summed E-state index contributed by atoms with van der Waals surface area (Å²) in [6.07, 6.45) is 2.28. The molecule has 1 atom stereocenters. The molecule has 0 bridgehead atoms. The lowest BCUT2D eigenvalue weighted by Crippen LogP contribution is -2.35. The van der Waals surface area contributed by atoms with Crippen LogP contribution < -0.4 is 5.32 Å². The number of thiazole rings is 1. The van der Waals surface area contributed by atoms with Crippen molar-refractivity contribution in [3.05, 3.63) is 16.1 Å². The first-order chi connectivity index (χ1) is 8.16. The number of rotatable bonds is 4. The third-order valence-corrected chi connectivity index (χ3v) is 4.20. The molecular formula is C13H22N2OS. The predicted molar refractivity (Wildman–Crippen MR) is 71.4 cm³/mol. The van der Waals surface area contributed by atoms with E-state index >= 15 is 0 Å². The van der Waals surface area contributed by atoms with E-state index in [1.165, 1.54) is 5.01 Å². The van der Waals surface area contributed by atoms with E-state index in [-0.39, 0.29) is 0 Å². The van der Waals surface area contributed by atoms with Gasteiger partial charge >= 0.3 is 0 Å². The summed E-state index contributed by atoms with van der Waals surface area (Å²) < 4.78 is 5.45. The Morgan fingerprint density at radius 3 is 2.65 bits per heavy atom. The Morgan fingerprint density at radius 2 is 2.12 bits per heavy atom. The van der Waals surface area contributed by atoms with Crippen LogP contribution in [0, 0.1) is 12.8 Å². The van der Waals surface area contributed by atoms with Gasteiger partial charge in [0.1, 0.15) is 5.01 Å². The molecule has 1 N–H and O–H groups in total. The van der Waals surface area contributed by atoms with Crippen molar-refractivity contribution in [2.24, 2.45) is 5.92 Å². The van der Waals surface area contributed by atoms with Crippen LogP contribution in [0.2, 0.25) is 0 Å². The summed E-state index contributed by atoms with van der Waals surface area (Å²) in [5, 5.41) is 7.05. The van der Waals surface area contributed by atoms with Crippen molar-refractivity contribution in [1.29, 1.82) is 0 Å². The topological polar surface area (TPSA) is 34.1 Å². The molecular weight excluding hydrogens is 232 g/mol. The molecule has 1 aromatic rings. The molecule has 17 heavy (non-hydrogen) atoms. The lowest BCUT2D eigenvalue weighted by atomic mass is 9.91. The maximum absolute atomic E-state index is 5.45. The smallest absolute Gasteiger partial charge is 0.110 e. The van der Waals surface area contributed by atoms with E-state index in [9.17, 15) is 0 Å². The minimum Gasteiger partial charge on any atom is -0.381 e. The molecule has 1 saturated heterocycles. The van der Waals surface area contributed by atoms with Crippen LogP contribution in [0.4, 0.5) is 0 Å². The minimum atomic E-state index is 0.401. The first-order valence-corrected chi connectivity index (χ1v) is 7.30. The van der Waals surface area contributed by atoms with Gasteiger partial charge in [-0.15, -0.1) is 11.3 Å². The standard InChI is InChI=1S/C13H22N2OS/c1-9(2)14-12(11-4-6-16-7-5-11)13-15-10(3)8-17-13/h8-9,11-12,14H,4-7H2,1-3H3. The van der Waals surface area contributed by atoms with Crippen molar-refractivity contribution in [3.8, 4) is 0 Å². The summed E-state index contributed by atoms with van der Waals surface area (Å²) in [6.45, 7) is 8.26. The second-order valence-corrected chi connectivity index (χ2v) is 5.97. The highest BCUT2D eigenvalue weighted by molar-refractivity contribution is 7.09. The molecule has 0 amide bonds. The van der Waals surface area contributed by atoms with Gasteiger partial charge < -0.3 is 10.1 Å². The van der Waals surface area contributed by atoms with Crippen LogP contribution in [0.3, 0.4) is 0 Å². The summed E-state index contributed by atoms with van der Waals surface area (Å²) in [7, 11) is 0. The molecule has 96 valence electrons. The SMILES string of the molecule is Cc1csc(C(NC(C)C)C2CCOCC2)n1. The number of hydrogen-bond donors (Lipinski definition) is 1. The zero-order chi connectivity index (χ0) is 12.3. The first kappa shape index (κ1) is 13.0. The zero-order valence-corrected chi connectivity index (χ0v) is 11.7. The highest BCUT2D eigenvalue weighted by atomic mass is 32.1. The summed E-state index contributed by atoms with van der Waals surface area (Å²) in [6, 6.07) is 0.893. The molecule has 1 fully saturated rings. The van der Waals surface area contributed by atoms with Crippen molar-refractivity contribution >= 4 is 11.3 Å². The fourth-order valence-electron chi connectivity index (χ4n) is 2.33. The monoisotopic (exact) mass is 254 g/mol. The fourth-order valence-corrected chi connectivity index (χ4v) is 3.28. The average Bonchev–Trinajstić information content (AvgIpc) is 2.73. The van der Waals surface area contributed by atoms with Gasteiger partial charge in [0.05, 0.1) is 6.04 Å². The van der Waals surface area contributed by atoms with E-state index in [1.54, 1.807) is 11.3 Å². The van der Waals surface area contributed by atoms with E-state index in [1.807, 2.05) is 0 Å². The number of ether oxygens (including phenoxy) is 1. The summed E-state index contributed by atoms with van der Waals surface area (Å²) in [4.78, 5) is 4.65. The van der Waals surface area contributed by atoms with Gasteiger partial charge in [-0.1, -0.05) is 13.8 Å². The highest BCUT2D eigenvalue weighted by Crippen LogP contribution is 2.32. The molecule has 0 spiro atoms. The Hall–Kier alpha value is -0.450. The lowest BCUT2D eigenvalue weighted by Gasteiger charge is -2.31. The first-order valence-electron chi connectivity index (χ1n) is 6.42. The van der Waals surface area contributed by atoms with Gasteiger partial charge in [0.15, 0.2) is 0 Å². The van der Waals surface area contributed by atoms with Crippen LogP contribution in [-0.4, -0.2) is 24.2 Å². The van der Waals surface area contributed by atoms with Crippen LogP contribution >= 0.6 is 11.3 Å². The summed E-state index contributed by atoms with van der Waals surface area (Å²) in [5.74, 6) is 0.664. The van der Waals surface area contributed by atoms with Crippen LogP contribution in [0.5, 0.6) is 0 Å². The number of nitrogens with one attached hydrogen (secondary N) is 1. The van der Waals surface area contributed by atoms with E-state index in [0.717, 1.165) is 31.7 Å². The number of hydrogen-bond acceptors (Lipinski definition) is 4. The van der Waals surface area contributed by atoms with E-state index in [2.05, 4.69) is 36.5 Å². The molecule has 3 nitrogen and oxygen atoms in total. The zero-order valence-electron chi connectivity index (χ0n) is 10.9. The second-order valence-electron chi connectivity index (χ2n) is 5.08. The normalized spacial score (nSPS) is 19.8. The van der Waals surface area contributed by atoms with E-state index < -0.39 is 0 Å². The van der Waals surface area contributed by atoms with Gasteiger partial charge in [0.2, 0.25) is 0 Å². The van der Waals surface area contributed by atoms with Gasteiger partial charge in [-0.05, 0) is 25.7 Å². The molecule has 1 aliphatic heterocycles. The van der Waals surface area contributed by atoms with Crippen LogP contribution in [0.15, 0.2) is 5.38 Å². The van der Waals surface area contributed by atoms with Gasteiger partial charge in [-0.25, -0.2) is 4.98 Å². The van der Waals surface area contributed by atoms with Crippen LogP contribution in [-0.2, 0) is 4.74 Å². The Balaban J connectivity index is 2.11. The average molecular weight is 254 g/mol. The Morgan fingerprint density at radius 1 is 1.41 bits per heavy atom. The highest BCUT2D eigenvalue weighted by Gasteiger charge is 2.27. The molecule has 4 heteroatoms. The molecule has 0 radical (unpaired) electrons. The molecule has 0 aromatic carbocycles. The third-order valence-electron chi connectivity index (χ3n) is 3.15.